The Balaban J connectivity index is 2.76. The summed E-state index contributed by atoms with van der Waals surface area (Å²) < 4.78 is 0. The molecule has 6 heteroatoms. The lowest BCUT2D eigenvalue weighted by molar-refractivity contribution is 0.170. The summed E-state index contributed by atoms with van der Waals surface area (Å²) in [7, 11) is 0. The Morgan fingerprint density at radius 2 is 2.00 bits per heavy atom. The molecule has 96 valence electrons. The summed E-state index contributed by atoms with van der Waals surface area (Å²) >= 11 is 0. The van der Waals surface area contributed by atoms with Crippen LogP contribution in [0.4, 0.5) is 11.6 Å². The van der Waals surface area contributed by atoms with Gasteiger partial charge in [-0.25, -0.2) is 15.8 Å². The fourth-order valence-corrected chi connectivity index (χ4v) is 1.21. The van der Waals surface area contributed by atoms with E-state index in [2.05, 4.69) is 20.7 Å². The molecule has 0 spiro atoms. The Bertz CT molecular complexity index is 345. The number of hydrazine groups is 1. The number of nitrogens with zero attached hydrogens (tertiary/aromatic N) is 2. The molecule has 1 heterocycles. The van der Waals surface area contributed by atoms with Crippen LogP contribution in [0.25, 0.3) is 0 Å². The van der Waals surface area contributed by atoms with E-state index in [0.717, 1.165) is 12.2 Å². The van der Waals surface area contributed by atoms with E-state index in [1.165, 1.54) is 0 Å². The molecule has 0 unspecified atom stereocenters. The van der Waals surface area contributed by atoms with Gasteiger partial charge in [0.15, 0.2) is 0 Å². The van der Waals surface area contributed by atoms with Crippen LogP contribution in [-0.2, 0) is 6.42 Å². The smallest absolute Gasteiger partial charge is 0.145 e. The number of nitrogens with one attached hydrogen (secondary N) is 2. The molecule has 0 fully saturated rings. The van der Waals surface area contributed by atoms with Crippen LogP contribution in [0.15, 0.2) is 6.07 Å². The van der Waals surface area contributed by atoms with Crippen molar-refractivity contribution in [3.8, 4) is 0 Å². The minimum atomic E-state index is -0.187. The number of aryl methyl sites for hydroxylation is 1. The van der Waals surface area contributed by atoms with Crippen molar-refractivity contribution in [2.45, 2.75) is 27.2 Å². The van der Waals surface area contributed by atoms with Gasteiger partial charge in [-0.2, -0.15) is 0 Å². The molecule has 1 aromatic heterocycles. The number of anilines is 2. The Hall–Kier alpha value is -1.40. The largest absolute Gasteiger partial charge is 0.396 e. The Labute approximate surface area is 102 Å². The molecule has 1 rings (SSSR count). The highest BCUT2D eigenvalue weighted by atomic mass is 16.3. The normalized spacial score (nSPS) is 11.4. The van der Waals surface area contributed by atoms with E-state index in [4.69, 9.17) is 10.9 Å². The van der Waals surface area contributed by atoms with Gasteiger partial charge < -0.3 is 15.8 Å². The number of aromatic nitrogens is 2. The summed E-state index contributed by atoms with van der Waals surface area (Å²) in [5.41, 5.74) is 2.33. The highest BCUT2D eigenvalue weighted by molar-refractivity contribution is 5.46. The molecule has 0 saturated carbocycles. The average molecular weight is 239 g/mol. The molecule has 0 aliphatic heterocycles. The number of aliphatic hydroxyl groups excluding tert-OH is 1. The molecule has 0 aliphatic carbocycles. The lowest BCUT2D eigenvalue weighted by atomic mass is 9.95. The first-order chi connectivity index (χ1) is 8.00. The first kappa shape index (κ1) is 13.7. The van der Waals surface area contributed by atoms with Crippen molar-refractivity contribution in [2.75, 3.05) is 23.9 Å². The zero-order chi connectivity index (χ0) is 12.9. The van der Waals surface area contributed by atoms with Gasteiger partial charge in [-0.05, 0) is 0 Å². The lowest BCUT2D eigenvalue weighted by Gasteiger charge is -2.22. The van der Waals surface area contributed by atoms with Crippen LogP contribution in [-0.4, -0.2) is 28.2 Å². The minimum absolute atomic E-state index is 0.119. The maximum Gasteiger partial charge on any atom is 0.145 e. The average Bonchev–Trinajstić information content (AvgIpc) is 2.36. The predicted molar refractivity (Wildman–Crippen MR) is 68.6 cm³/mol. The van der Waals surface area contributed by atoms with Gasteiger partial charge in [0.25, 0.3) is 0 Å². The van der Waals surface area contributed by atoms with E-state index in [1.807, 2.05) is 20.8 Å². The van der Waals surface area contributed by atoms with Gasteiger partial charge in [0.05, 0.1) is 0 Å². The summed E-state index contributed by atoms with van der Waals surface area (Å²) in [5.74, 6) is 7.37. The third-order valence-electron chi connectivity index (χ3n) is 2.41. The zero-order valence-corrected chi connectivity index (χ0v) is 10.6. The molecule has 6 nitrogen and oxygen atoms in total. The molecule has 1 aromatic rings. The van der Waals surface area contributed by atoms with Crippen LogP contribution in [0.2, 0.25) is 0 Å². The first-order valence-corrected chi connectivity index (χ1v) is 5.70. The highest BCUT2D eigenvalue weighted by Gasteiger charge is 2.16. The first-order valence-electron chi connectivity index (χ1n) is 5.70. The summed E-state index contributed by atoms with van der Waals surface area (Å²) in [6.07, 6.45) is 0.744. The molecule has 17 heavy (non-hydrogen) atoms. The van der Waals surface area contributed by atoms with Gasteiger partial charge in [0, 0.05) is 31.1 Å². The summed E-state index contributed by atoms with van der Waals surface area (Å²) in [6.45, 7) is 6.69. The summed E-state index contributed by atoms with van der Waals surface area (Å²) in [6, 6.07) is 1.74. The van der Waals surface area contributed by atoms with Crippen LogP contribution >= 0.6 is 0 Å². The number of rotatable bonds is 6. The van der Waals surface area contributed by atoms with Gasteiger partial charge in [0.2, 0.25) is 0 Å². The van der Waals surface area contributed by atoms with Gasteiger partial charge in [0.1, 0.15) is 17.5 Å². The quantitative estimate of drug-likeness (QED) is 0.432. The molecule has 0 atom stereocenters. The number of aliphatic hydroxyl groups is 1. The molecule has 0 saturated heterocycles. The molecular weight excluding hydrogens is 218 g/mol. The van der Waals surface area contributed by atoms with E-state index < -0.39 is 0 Å². The third-order valence-corrected chi connectivity index (χ3v) is 2.41. The zero-order valence-electron chi connectivity index (χ0n) is 10.6. The molecule has 5 N–H and O–H groups in total. The van der Waals surface area contributed by atoms with Crippen LogP contribution in [0.1, 0.15) is 26.6 Å². The van der Waals surface area contributed by atoms with Gasteiger partial charge in [-0.1, -0.05) is 20.8 Å². The maximum absolute atomic E-state index is 9.17. The summed E-state index contributed by atoms with van der Waals surface area (Å²) in [4.78, 5) is 8.54. The fourth-order valence-electron chi connectivity index (χ4n) is 1.21. The van der Waals surface area contributed by atoms with Crippen molar-refractivity contribution < 1.29 is 5.11 Å². The molecule has 0 bridgehead atoms. The standard InChI is InChI=1S/C11H21N5O/c1-4-8-14-9(5-10(15-8)16-12)13-6-11(2,3)7-17/h5,17H,4,6-7,12H2,1-3H3,(H2,13,14,15,16). The minimum Gasteiger partial charge on any atom is -0.396 e. The van der Waals surface area contributed by atoms with Crippen molar-refractivity contribution >= 4 is 11.6 Å². The number of hydrogen-bond acceptors (Lipinski definition) is 6. The van der Waals surface area contributed by atoms with Crippen molar-refractivity contribution in [1.29, 1.82) is 0 Å². The van der Waals surface area contributed by atoms with Gasteiger partial charge in [-0.3, -0.25) is 0 Å². The Morgan fingerprint density at radius 1 is 1.35 bits per heavy atom. The van der Waals surface area contributed by atoms with Crippen LogP contribution < -0.4 is 16.6 Å². The second kappa shape index (κ2) is 5.79. The van der Waals surface area contributed by atoms with Gasteiger partial charge in [-0.15, -0.1) is 0 Å². The highest BCUT2D eigenvalue weighted by Crippen LogP contribution is 2.16. The Kier molecular flexibility index (Phi) is 4.65. The van der Waals surface area contributed by atoms with E-state index in [0.29, 0.717) is 18.2 Å². The lowest BCUT2D eigenvalue weighted by Crippen LogP contribution is -2.27. The summed E-state index contributed by atoms with van der Waals surface area (Å²) in [5, 5.41) is 12.3. The maximum atomic E-state index is 9.17. The van der Waals surface area contributed by atoms with Crippen LogP contribution in [0, 0.1) is 5.41 Å². The van der Waals surface area contributed by atoms with E-state index in [9.17, 15) is 0 Å². The molecule has 0 aliphatic rings. The van der Waals surface area contributed by atoms with Crippen molar-refractivity contribution in [3.05, 3.63) is 11.9 Å². The van der Waals surface area contributed by atoms with Crippen molar-refractivity contribution in [3.63, 3.8) is 0 Å². The SMILES string of the molecule is CCc1nc(NN)cc(NCC(C)(C)CO)n1. The predicted octanol–water partition coefficient (Wildman–Crippen LogP) is 0.755. The molecule has 0 radical (unpaired) electrons. The Morgan fingerprint density at radius 3 is 2.53 bits per heavy atom. The van der Waals surface area contributed by atoms with E-state index >= 15 is 0 Å². The number of nitrogen functional groups attached to an aromatic ring is 1. The van der Waals surface area contributed by atoms with E-state index in [-0.39, 0.29) is 12.0 Å². The van der Waals surface area contributed by atoms with Crippen molar-refractivity contribution in [2.24, 2.45) is 11.3 Å². The van der Waals surface area contributed by atoms with Crippen LogP contribution in [0.3, 0.4) is 0 Å². The number of nitrogens with two attached hydrogens (primary N) is 1. The van der Waals surface area contributed by atoms with Gasteiger partial charge >= 0.3 is 0 Å². The molecule has 0 amide bonds. The second-order valence-electron chi connectivity index (χ2n) is 4.73. The van der Waals surface area contributed by atoms with Crippen LogP contribution in [0.5, 0.6) is 0 Å². The van der Waals surface area contributed by atoms with Crippen molar-refractivity contribution in [1.82, 2.24) is 9.97 Å². The number of hydrogen-bond donors (Lipinski definition) is 4. The fraction of sp³-hybridized carbons (Fsp3) is 0.636. The van der Waals surface area contributed by atoms with E-state index in [1.54, 1.807) is 6.07 Å². The topological polar surface area (TPSA) is 96.1 Å². The molecule has 0 aromatic carbocycles. The monoisotopic (exact) mass is 239 g/mol. The third kappa shape index (κ3) is 4.16. The second-order valence-corrected chi connectivity index (χ2v) is 4.73. The molecular formula is C11H21N5O.